The van der Waals surface area contributed by atoms with Crippen LogP contribution in [0.4, 0.5) is 0 Å². The molecule has 0 saturated heterocycles. The Bertz CT molecular complexity index is 1050. The molecule has 6 nitrogen and oxygen atoms in total. The van der Waals surface area contributed by atoms with E-state index in [1.165, 1.54) is 0 Å². The summed E-state index contributed by atoms with van der Waals surface area (Å²) in [7, 11) is 0. The predicted octanol–water partition coefficient (Wildman–Crippen LogP) is 5.17. The molecule has 2 aromatic rings. The van der Waals surface area contributed by atoms with Gasteiger partial charge in [0.25, 0.3) is 0 Å². The molecule has 0 bridgehead atoms. The molecule has 3 aliphatic carbocycles. The lowest BCUT2D eigenvalue weighted by atomic mass is 9.78. The summed E-state index contributed by atoms with van der Waals surface area (Å²) in [6.07, 6.45) is 7.53. The average Bonchev–Trinajstić information content (AvgIpc) is 3.58. The molecule has 0 atom stereocenters. The van der Waals surface area contributed by atoms with Crippen LogP contribution in [0.2, 0.25) is 0 Å². The molecule has 5 rings (SSSR count). The Labute approximate surface area is 198 Å². The van der Waals surface area contributed by atoms with Crippen LogP contribution in [0.5, 0.6) is 0 Å². The first-order valence-electron chi connectivity index (χ1n) is 12.2. The fraction of sp³-hybridized carbons (Fsp3) is 0.429. The van der Waals surface area contributed by atoms with Crippen molar-refractivity contribution in [1.29, 1.82) is 0 Å². The van der Waals surface area contributed by atoms with E-state index in [4.69, 9.17) is 9.47 Å². The number of carbonyl (C=O) groups excluding carboxylic acids is 4. The summed E-state index contributed by atoms with van der Waals surface area (Å²) < 4.78 is 10.5. The van der Waals surface area contributed by atoms with Gasteiger partial charge in [-0.25, -0.2) is 0 Å². The zero-order valence-corrected chi connectivity index (χ0v) is 19.1. The van der Waals surface area contributed by atoms with Gasteiger partial charge in [0, 0.05) is 11.1 Å². The summed E-state index contributed by atoms with van der Waals surface area (Å²) in [5.74, 6) is -1.13. The number of hydrogen-bond donors (Lipinski definition) is 0. The second-order valence-corrected chi connectivity index (χ2v) is 9.55. The summed E-state index contributed by atoms with van der Waals surface area (Å²) in [4.78, 5) is 49.3. The van der Waals surface area contributed by atoms with Crippen LogP contribution in [-0.2, 0) is 19.1 Å². The van der Waals surface area contributed by atoms with Crippen LogP contribution in [0, 0.1) is 11.8 Å². The van der Waals surface area contributed by atoms with Gasteiger partial charge in [0.2, 0.25) is 0 Å². The molecule has 6 heteroatoms. The minimum atomic E-state index is -0.272. The van der Waals surface area contributed by atoms with E-state index >= 15 is 0 Å². The standard InChI is InChI=1S/C28H28O6/c29-25(15-33-27(31)17-5-1-2-6-17)19-9-11-21-23(13-19)22-12-10-20(14-24(21)22)26(30)16-34-28(32)18-7-3-4-8-18/h9-14,17-18H,1-8,15-16H2. The molecule has 0 N–H and O–H groups in total. The van der Waals surface area contributed by atoms with E-state index in [0.717, 1.165) is 73.6 Å². The zero-order valence-electron chi connectivity index (χ0n) is 19.1. The molecular formula is C28H28O6. The van der Waals surface area contributed by atoms with Crippen LogP contribution in [0.15, 0.2) is 36.4 Å². The van der Waals surface area contributed by atoms with E-state index in [1.54, 1.807) is 12.1 Å². The highest BCUT2D eigenvalue weighted by Gasteiger charge is 2.28. The van der Waals surface area contributed by atoms with E-state index in [0.29, 0.717) is 11.1 Å². The first-order chi connectivity index (χ1) is 16.5. The fourth-order valence-electron chi connectivity index (χ4n) is 5.29. The molecule has 0 heterocycles. The molecule has 0 aromatic heterocycles. The molecule has 0 unspecified atom stereocenters. The molecule has 2 fully saturated rings. The SMILES string of the molecule is O=C(COC(=O)C1CCCC1)c1ccc2c(c1)-c1ccc(C(=O)COC(=O)C3CCCC3)cc1-2. The third-order valence-corrected chi connectivity index (χ3v) is 7.33. The Hall–Kier alpha value is -3.28. The first-order valence-corrected chi connectivity index (χ1v) is 12.2. The summed E-state index contributed by atoms with van der Waals surface area (Å²) in [5, 5.41) is 0. The van der Waals surface area contributed by atoms with Gasteiger partial charge in [-0.15, -0.1) is 0 Å². The third-order valence-electron chi connectivity index (χ3n) is 7.33. The maximum atomic E-state index is 12.6. The molecule has 3 aliphatic rings. The Balaban J connectivity index is 1.19. The molecule has 176 valence electrons. The summed E-state index contributed by atoms with van der Waals surface area (Å²) in [6.45, 7) is -0.484. The molecular weight excluding hydrogens is 432 g/mol. The average molecular weight is 461 g/mol. The lowest BCUT2D eigenvalue weighted by Gasteiger charge is -2.25. The maximum absolute atomic E-state index is 12.6. The van der Waals surface area contributed by atoms with Gasteiger partial charge in [0.1, 0.15) is 0 Å². The number of Topliss-reactive ketones (excluding diaryl/α,β-unsaturated/α-hetero) is 2. The summed E-state index contributed by atoms with van der Waals surface area (Å²) in [6, 6.07) is 10.8. The van der Waals surface area contributed by atoms with Crippen molar-refractivity contribution in [2.75, 3.05) is 13.2 Å². The lowest BCUT2D eigenvalue weighted by Crippen LogP contribution is -2.20. The predicted molar refractivity (Wildman–Crippen MR) is 125 cm³/mol. The van der Waals surface area contributed by atoms with Crippen LogP contribution in [-0.4, -0.2) is 36.7 Å². The smallest absolute Gasteiger partial charge is 0.309 e. The van der Waals surface area contributed by atoms with Crippen LogP contribution in [0.3, 0.4) is 0 Å². The monoisotopic (exact) mass is 460 g/mol. The second kappa shape index (κ2) is 9.53. The Morgan fingerprint density at radius 3 is 1.35 bits per heavy atom. The highest BCUT2D eigenvalue weighted by molar-refractivity contribution is 6.09. The highest BCUT2D eigenvalue weighted by atomic mass is 16.5. The molecule has 2 saturated carbocycles. The molecule has 0 spiro atoms. The van der Waals surface area contributed by atoms with Crippen molar-refractivity contribution in [2.45, 2.75) is 51.4 Å². The lowest BCUT2D eigenvalue weighted by molar-refractivity contribution is -0.147. The van der Waals surface area contributed by atoms with Gasteiger partial charge in [-0.1, -0.05) is 49.9 Å². The number of esters is 2. The maximum Gasteiger partial charge on any atom is 0.309 e. The topological polar surface area (TPSA) is 86.7 Å². The minimum Gasteiger partial charge on any atom is -0.457 e. The molecule has 0 aliphatic heterocycles. The molecule has 0 radical (unpaired) electrons. The van der Waals surface area contributed by atoms with Crippen LogP contribution in [0.1, 0.15) is 72.1 Å². The quantitative estimate of drug-likeness (QED) is 0.341. The highest BCUT2D eigenvalue weighted by Crippen LogP contribution is 2.47. The van der Waals surface area contributed by atoms with Crippen molar-refractivity contribution in [3.8, 4) is 22.3 Å². The van der Waals surface area contributed by atoms with Gasteiger partial charge in [-0.3, -0.25) is 19.2 Å². The number of ketones is 2. The van der Waals surface area contributed by atoms with Crippen molar-refractivity contribution < 1.29 is 28.7 Å². The number of benzene rings is 2. The Morgan fingerprint density at radius 2 is 0.971 bits per heavy atom. The van der Waals surface area contributed by atoms with E-state index < -0.39 is 0 Å². The third kappa shape index (κ3) is 4.41. The van der Waals surface area contributed by atoms with Crippen LogP contribution in [0.25, 0.3) is 22.3 Å². The Kier molecular flexibility index (Phi) is 6.31. The van der Waals surface area contributed by atoms with Crippen molar-refractivity contribution >= 4 is 23.5 Å². The number of hydrogen-bond acceptors (Lipinski definition) is 6. The van der Waals surface area contributed by atoms with E-state index in [1.807, 2.05) is 24.3 Å². The van der Waals surface area contributed by atoms with E-state index in [9.17, 15) is 19.2 Å². The van der Waals surface area contributed by atoms with Gasteiger partial charge in [0.15, 0.2) is 24.8 Å². The fourth-order valence-corrected chi connectivity index (χ4v) is 5.29. The first kappa shape index (κ1) is 22.5. The minimum absolute atomic E-state index is 0.0698. The zero-order chi connectivity index (χ0) is 23.7. The Morgan fingerprint density at radius 1 is 0.588 bits per heavy atom. The van der Waals surface area contributed by atoms with Crippen molar-refractivity contribution in [3.63, 3.8) is 0 Å². The number of fused-ring (bicyclic) bond motifs is 4. The molecule has 2 aromatic carbocycles. The molecule has 34 heavy (non-hydrogen) atoms. The van der Waals surface area contributed by atoms with Gasteiger partial charge in [-0.2, -0.15) is 0 Å². The van der Waals surface area contributed by atoms with E-state index in [2.05, 4.69) is 0 Å². The molecule has 0 amide bonds. The normalized spacial score (nSPS) is 16.9. The second-order valence-electron chi connectivity index (χ2n) is 9.55. The van der Waals surface area contributed by atoms with Gasteiger partial charge >= 0.3 is 11.9 Å². The van der Waals surface area contributed by atoms with E-state index in [-0.39, 0.29) is 48.6 Å². The number of carbonyl (C=O) groups is 4. The van der Waals surface area contributed by atoms with Crippen LogP contribution >= 0.6 is 0 Å². The van der Waals surface area contributed by atoms with Gasteiger partial charge < -0.3 is 9.47 Å². The summed E-state index contributed by atoms with van der Waals surface area (Å²) in [5.41, 5.74) is 4.81. The number of rotatable bonds is 8. The van der Waals surface area contributed by atoms with Gasteiger partial charge in [-0.05, 0) is 60.1 Å². The van der Waals surface area contributed by atoms with Crippen molar-refractivity contribution in [3.05, 3.63) is 47.5 Å². The summed E-state index contributed by atoms with van der Waals surface area (Å²) >= 11 is 0. The van der Waals surface area contributed by atoms with Gasteiger partial charge in [0.05, 0.1) is 11.8 Å². The largest absolute Gasteiger partial charge is 0.457 e. The van der Waals surface area contributed by atoms with Crippen LogP contribution < -0.4 is 0 Å². The van der Waals surface area contributed by atoms with Crippen molar-refractivity contribution in [2.24, 2.45) is 11.8 Å². The number of ether oxygens (including phenoxy) is 2. The van der Waals surface area contributed by atoms with Crippen molar-refractivity contribution in [1.82, 2.24) is 0 Å².